The predicted molar refractivity (Wildman–Crippen MR) is 188 cm³/mol. The number of carboxylic acid groups (broad SMARTS) is 2. The minimum atomic E-state index is -1.47. The molecule has 55 heavy (non-hydrogen) atoms. The summed E-state index contributed by atoms with van der Waals surface area (Å²) in [5.74, 6) is -8.06. The van der Waals surface area contributed by atoms with Crippen molar-refractivity contribution in [2.45, 2.75) is 37.4 Å². The number of allylic oxidation sites excluding steroid dienone is 1. The zero-order chi connectivity index (χ0) is 40.3. The van der Waals surface area contributed by atoms with Crippen LogP contribution in [-0.4, -0.2) is 125 Å². The first-order chi connectivity index (χ1) is 26.0. The van der Waals surface area contributed by atoms with Crippen molar-refractivity contribution in [2.24, 2.45) is 5.16 Å². The van der Waals surface area contributed by atoms with Crippen molar-refractivity contribution in [3.8, 4) is 0 Å². The number of carbonyl (C=O) groups excluding carboxylic acids is 6. The third kappa shape index (κ3) is 8.80. The third-order valence-electron chi connectivity index (χ3n) is 7.78. The van der Waals surface area contributed by atoms with Crippen LogP contribution in [0.2, 0.25) is 4.34 Å². The molecule has 2 aromatic rings. The number of hydroxylamine groups is 2. The molecule has 0 aromatic carbocycles. The lowest BCUT2D eigenvalue weighted by atomic mass is 10.0. The first-order valence-corrected chi connectivity index (χ1v) is 17.8. The van der Waals surface area contributed by atoms with Crippen LogP contribution in [0.15, 0.2) is 40.7 Å². The SMILES string of the molecule is C[C@H](O/N=C(\C(=O)N[C@@H]1C(=O)N2C(C(=O)O)=C(C[n+]3cnc(N)c(NC(=O)CCNC(=O)C4=CC(=O)C(=O)CN4O)c3)CS[C@H]12)c1nc(N)sc1Cl)C(=O)O. The molecule has 0 spiro atoms. The standard InChI is InChI=1S/C29H28ClN11O12S2/c1-10(27(48)49)53-38-18(17-21(30)55-29(32)37-17)24(46)36-19-25(47)41-20(28(50)51)11(8-54-26(19)41)5-39-6-12(22(31)34-9-39)35-16(44)2-3-33-23(45)13-4-14(42)15(43)7-40(13)52/h4,6,9-10,19,26,31,52H,2-3,5,7-8H2,1H3,(H7,32,33,35,36,37,44,45,46,48,49,50,51)/p+1/b38-18-/t10-,19+,26+/m0/s1. The van der Waals surface area contributed by atoms with E-state index < -0.39 is 82.6 Å². The van der Waals surface area contributed by atoms with Crippen molar-refractivity contribution in [3.05, 3.63) is 45.6 Å². The molecular formula is C29H29ClN11O12S2+. The fraction of sp³-hybridized carbons (Fsp3) is 0.310. The van der Waals surface area contributed by atoms with E-state index in [1.165, 1.54) is 17.1 Å². The molecule has 290 valence electrons. The molecule has 0 radical (unpaired) electrons. The van der Waals surface area contributed by atoms with Crippen LogP contribution in [0, 0.1) is 0 Å². The Morgan fingerprint density at radius 3 is 2.58 bits per heavy atom. The minimum Gasteiger partial charge on any atom is -0.478 e. The Kier molecular flexibility index (Phi) is 12.0. The number of aliphatic carboxylic acids is 2. The monoisotopic (exact) mass is 822 g/mol. The lowest BCUT2D eigenvalue weighted by Crippen LogP contribution is -2.71. The van der Waals surface area contributed by atoms with E-state index in [9.17, 15) is 48.7 Å². The van der Waals surface area contributed by atoms with E-state index >= 15 is 0 Å². The number of fused-ring (bicyclic) bond motifs is 1. The van der Waals surface area contributed by atoms with Crippen molar-refractivity contribution in [1.82, 2.24) is 30.6 Å². The van der Waals surface area contributed by atoms with Gasteiger partial charge in [0.05, 0.1) is 0 Å². The smallest absolute Gasteiger partial charge is 0.352 e. The molecule has 5 heterocycles. The van der Waals surface area contributed by atoms with E-state index in [1.807, 2.05) is 0 Å². The number of oxime groups is 1. The normalized spacial score (nSPS) is 18.9. The summed E-state index contributed by atoms with van der Waals surface area (Å²) in [5.41, 5.74) is 10.3. The lowest BCUT2D eigenvalue weighted by molar-refractivity contribution is -0.691. The van der Waals surface area contributed by atoms with Gasteiger partial charge in [0, 0.05) is 30.4 Å². The van der Waals surface area contributed by atoms with Gasteiger partial charge in [-0.05, 0) is 11.9 Å². The average molecular weight is 823 g/mol. The molecule has 1 fully saturated rings. The molecular weight excluding hydrogens is 794 g/mol. The van der Waals surface area contributed by atoms with Gasteiger partial charge in [0.15, 0.2) is 16.5 Å². The van der Waals surface area contributed by atoms with Crippen LogP contribution in [0.25, 0.3) is 0 Å². The van der Waals surface area contributed by atoms with Crippen LogP contribution in [0.5, 0.6) is 0 Å². The molecule has 0 bridgehead atoms. The van der Waals surface area contributed by atoms with Gasteiger partial charge < -0.3 is 42.5 Å². The number of amides is 4. The van der Waals surface area contributed by atoms with Crippen molar-refractivity contribution >= 4 is 104 Å². The summed E-state index contributed by atoms with van der Waals surface area (Å²) in [7, 11) is 0. The van der Waals surface area contributed by atoms with Crippen molar-refractivity contribution in [1.29, 1.82) is 0 Å². The highest BCUT2D eigenvalue weighted by atomic mass is 35.5. The summed E-state index contributed by atoms with van der Waals surface area (Å²) >= 11 is 8.09. The number of β-lactam (4-membered cyclic amide) rings is 1. The maximum atomic E-state index is 13.3. The third-order valence-corrected chi connectivity index (χ3v) is 10.2. The maximum Gasteiger partial charge on any atom is 0.352 e. The molecule has 3 atom stereocenters. The second-order valence-electron chi connectivity index (χ2n) is 11.6. The van der Waals surface area contributed by atoms with Gasteiger partial charge in [-0.1, -0.05) is 28.1 Å². The summed E-state index contributed by atoms with van der Waals surface area (Å²) in [6.07, 6.45) is 1.55. The first-order valence-electron chi connectivity index (χ1n) is 15.5. The highest BCUT2D eigenvalue weighted by Crippen LogP contribution is 2.40. The summed E-state index contributed by atoms with van der Waals surface area (Å²) in [4.78, 5) is 112. The number of thioether (sulfide) groups is 1. The number of hydrogen-bond acceptors (Lipinski definition) is 18. The second kappa shape index (κ2) is 16.5. The van der Waals surface area contributed by atoms with E-state index in [0.717, 1.165) is 34.9 Å². The molecule has 2 aromatic heterocycles. The molecule has 3 aliphatic heterocycles. The van der Waals surface area contributed by atoms with E-state index in [4.69, 9.17) is 33.0 Å². The van der Waals surface area contributed by atoms with Crippen LogP contribution < -0.4 is 32.0 Å². The molecule has 4 amide bonds. The molecule has 26 heteroatoms. The molecule has 10 N–H and O–H groups in total. The molecule has 23 nitrogen and oxygen atoms in total. The van der Waals surface area contributed by atoms with Crippen molar-refractivity contribution in [3.63, 3.8) is 0 Å². The van der Waals surface area contributed by atoms with Gasteiger partial charge in [-0.3, -0.25) is 38.9 Å². The number of nitrogens with one attached hydrogen (secondary N) is 3. The number of rotatable bonds is 14. The number of nitrogens with zero attached hydrogens (tertiary/aromatic N) is 6. The Bertz CT molecular complexity index is 2120. The number of carboxylic acids is 2. The summed E-state index contributed by atoms with van der Waals surface area (Å²) in [6.45, 7) is 0.100. The lowest BCUT2D eigenvalue weighted by Gasteiger charge is -2.49. The second-order valence-corrected chi connectivity index (χ2v) is 14.3. The fourth-order valence-corrected chi connectivity index (χ4v) is 7.34. The highest BCUT2D eigenvalue weighted by Gasteiger charge is 2.54. The molecule has 1 saturated heterocycles. The van der Waals surface area contributed by atoms with Gasteiger partial charge >= 0.3 is 11.9 Å². The minimum absolute atomic E-state index is 0.0299. The van der Waals surface area contributed by atoms with Crippen molar-refractivity contribution in [2.75, 3.05) is 35.6 Å². The number of nitrogen functional groups attached to an aromatic ring is 2. The number of carbonyl (C=O) groups is 8. The number of halogens is 1. The summed E-state index contributed by atoms with van der Waals surface area (Å²) in [6, 6.07) is -1.24. The van der Waals surface area contributed by atoms with Crippen LogP contribution in [0.4, 0.5) is 16.6 Å². The Balaban J connectivity index is 1.24. The van der Waals surface area contributed by atoms with Crippen molar-refractivity contribution < 1.29 is 63.2 Å². The first kappa shape index (κ1) is 40.0. The van der Waals surface area contributed by atoms with Gasteiger partial charge in [-0.25, -0.2) is 24.2 Å². The number of nitrogens with two attached hydrogens (primary N) is 2. The molecule has 0 aliphatic carbocycles. The zero-order valence-electron chi connectivity index (χ0n) is 28.0. The number of Topliss-reactive ketones (excluding diaryl/α,β-unsaturated/α-hetero) is 1. The van der Waals surface area contributed by atoms with E-state index in [1.54, 1.807) is 0 Å². The topological polar surface area (TPSA) is 343 Å². The van der Waals surface area contributed by atoms with E-state index in [0.29, 0.717) is 11.1 Å². The summed E-state index contributed by atoms with van der Waals surface area (Å²) < 4.78 is 1.34. The van der Waals surface area contributed by atoms with Crippen LogP contribution in [0.1, 0.15) is 19.0 Å². The summed E-state index contributed by atoms with van der Waals surface area (Å²) in [5, 5.41) is 39.4. The van der Waals surface area contributed by atoms with Gasteiger partial charge in [0.25, 0.3) is 29.9 Å². The molecule has 0 saturated carbocycles. The average Bonchev–Trinajstić information content (AvgIpc) is 3.46. The molecule has 3 aliphatic rings. The number of ketones is 2. The van der Waals surface area contributed by atoms with Gasteiger partial charge in [0.1, 0.15) is 52.1 Å². The van der Waals surface area contributed by atoms with Gasteiger partial charge in [-0.15, -0.1) is 11.8 Å². The Labute approximate surface area is 320 Å². The Hall–Kier alpha value is -6.18. The van der Waals surface area contributed by atoms with E-state index in [-0.39, 0.29) is 63.2 Å². The molecule has 5 rings (SSSR count). The van der Waals surface area contributed by atoms with Crippen LogP contribution >= 0.6 is 34.7 Å². The highest BCUT2D eigenvalue weighted by molar-refractivity contribution is 8.00. The number of aromatic nitrogens is 3. The van der Waals surface area contributed by atoms with Crippen LogP contribution in [0.3, 0.4) is 0 Å². The fourth-order valence-electron chi connectivity index (χ4n) is 5.07. The van der Waals surface area contributed by atoms with Gasteiger partial charge in [0.2, 0.25) is 23.6 Å². The number of anilines is 3. The van der Waals surface area contributed by atoms with Gasteiger partial charge in [-0.2, -0.15) is 0 Å². The quantitative estimate of drug-likeness (QED) is 0.0320. The molecule has 0 unspecified atom stereocenters. The number of thiazole rings is 1. The Morgan fingerprint density at radius 1 is 1.20 bits per heavy atom. The maximum absolute atomic E-state index is 13.3. The largest absolute Gasteiger partial charge is 0.478 e. The van der Waals surface area contributed by atoms with Crippen LogP contribution in [-0.2, 0) is 49.7 Å². The Morgan fingerprint density at radius 2 is 1.93 bits per heavy atom. The zero-order valence-corrected chi connectivity index (χ0v) is 30.4. The van der Waals surface area contributed by atoms with E-state index in [2.05, 4.69) is 31.1 Å². The predicted octanol–water partition coefficient (Wildman–Crippen LogP) is -2.55. The number of hydrogen-bond donors (Lipinski definition) is 8.